The number of rotatable bonds is 6. The lowest BCUT2D eigenvalue weighted by molar-refractivity contribution is 0.122. The molecule has 118 valence electrons. The highest BCUT2D eigenvalue weighted by Crippen LogP contribution is 2.09. The molecule has 0 radical (unpaired) electrons. The van der Waals surface area contributed by atoms with Gasteiger partial charge in [-0.05, 0) is 12.5 Å². The van der Waals surface area contributed by atoms with Crippen LogP contribution < -0.4 is 10.2 Å². The van der Waals surface area contributed by atoms with Gasteiger partial charge in [0, 0.05) is 50.3 Å². The van der Waals surface area contributed by atoms with Crippen molar-refractivity contribution in [3.8, 4) is 0 Å². The van der Waals surface area contributed by atoms with E-state index in [2.05, 4.69) is 25.3 Å². The fraction of sp³-hybridized carbons (Fsp3) is 0.533. The maximum absolute atomic E-state index is 5.33. The van der Waals surface area contributed by atoms with Crippen molar-refractivity contribution in [2.24, 2.45) is 0 Å². The Hall–Kier alpha value is -1.99. The first kappa shape index (κ1) is 14.9. The van der Waals surface area contributed by atoms with Gasteiger partial charge in [-0.15, -0.1) is 0 Å². The van der Waals surface area contributed by atoms with Gasteiger partial charge in [0.05, 0.1) is 26.0 Å². The molecule has 0 spiro atoms. The first-order chi connectivity index (χ1) is 10.8. The number of ether oxygens (including phenoxy) is 1. The van der Waals surface area contributed by atoms with E-state index in [-0.39, 0.29) is 0 Å². The standard InChI is InChI=1S/C15H22N6O/c1-13-8-19-21(12-13)3-2-16-9-14-10-17-15(18-11-14)20-4-6-22-7-5-20/h8,10-12,16H,2-7,9H2,1H3. The summed E-state index contributed by atoms with van der Waals surface area (Å²) in [7, 11) is 0. The molecule has 3 rings (SSSR count). The lowest BCUT2D eigenvalue weighted by atomic mass is 10.3. The summed E-state index contributed by atoms with van der Waals surface area (Å²) in [6, 6.07) is 0. The maximum atomic E-state index is 5.33. The zero-order valence-electron chi connectivity index (χ0n) is 12.9. The molecule has 1 aliphatic heterocycles. The van der Waals surface area contributed by atoms with Crippen molar-refractivity contribution in [1.29, 1.82) is 0 Å². The molecule has 0 aromatic carbocycles. The van der Waals surface area contributed by atoms with Gasteiger partial charge in [-0.2, -0.15) is 5.10 Å². The Kier molecular flexibility index (Phi) is 4.97. The summed E-state index contributed by atoms with van der Waals surface area (Å²) < 4.78 is 7.28. The molecule has 1 fully saturated rings. The van der Waals surface area contributed by atoms with Crippen molar-refractivity contribution in [2.75, 3.05) is 37.7 Å². The van der Waals surface area contributed by atoms with Gasteiger partial charge in [0.2, 0.25) is 5.95 Å². The monoisotopic (exact) mass is 302 g/mol. The fourth-order valence-electron chi connectivity index (χ4n) is 2.38. The van der Waals surface area contributed by atoms with Crippen LogP contribution in [0, 0.1) is 6.92 Å². The van der Waals surface area contributed by atoms with Gasteiger partial charge in [0.1, 0.15) is 0 Å². The molecule has 7 heteroatoms. The van der Waals surface area contributed by atoms with Gasteiger partial charge in [-0.1, -0.05) is 0 Å². The molecule has 2 aromatic rings. The Morgan fingerprint density at radius 3 is 2.64 bits per heavy atom. The molecule has 3 heterocycles. The van der Waals surface area contributed by atoms with E-state index in [1.54, 1.807) is 0 Å². The minimum Gasteiger partial charge on any atom is -0.378 e. The third kappa shape index (κ3) is 4.02. The largest absolute Gasteiger partial charge is 0.378 e. The summed E-state index contributed by atoms with van der Waals surface area (Å²) >= 11 is 0. The number of hydrogen-bond donors (Lipinski definition) is 1. The Bertz CT molecular complexity index is 576. The van der Waals surface area contributed by atoms with E-state index in [4.69, 9.17) is 4.74 Å². The SMILES string of the molecule is Cc1cnn(CCNCc2cnc(N3CCOCC3)nc2)c1. The van der Waals surface area contributed by atoms with E-state index in [1.165, 1.54) is 5.56 Å². The van der Waals surface area contributed by atoms with Gasteiger partial charge in [-0.25, -0.2) is 9.97 Å². The van der Waals surface area contributed by atoms with Gasteiger partial charge < -0.3 is 15.0 Å². The molecular formula is C15H22N6O. The summed E-state index contributed by atoms with van der Waals surface area (Å²) in [6.45, 7) is 7.77. The second kappa shape index (κ2) is 7.33. The van der Waals surface area contributed by atoms with Crippen LogP contribution in [-0.2, 0) is 17.8 Å². The van der Waals surface area contributed by atoms with Crippen LogP contribution in [0.3, 0.4) is 0 Å². The van der Waals surface area contributed by atoms with Crippen molar-refractivity contribution in [3.05, 3.63) is 35.9 Å². The van der Waals surface area contributed by atoms with Crippen LogP contribution in [0.15, 0.2) is 24.8 Å². The average molecular weight is 302 g/mol. The summed E-state index contributed by atoms with van der Waals surface area (Å²) in [6.07, 6.45) is 7.70. The smallest absolute Gasteiger partial charge is 0.225 e. The molecule has 0 saturated carbocycles. The number of nitrogens with one attached hydrogen (secondary N) is 1. The quantitative estimate of drug-likeness (QED) is 0.789. The zero-order chi connectivity index (χ0) is 15.2. The Labute approximate surface area is 130 Å². The Balaban J connectivity index is 1.42. The van der Waals surface area contributed by atoms with Crippen LogP contribution >= 0.6 is 0 Å². The number of anilines is 1. The zero-order valence-corrected chi connectivity index (χ0v) is 12.9. The number of aromatic nitrogens is 4. The van der Waals surface area contributed by atoms with E-state index in [1.807, 2.05) is 36.4 Å². The highest BCUT2D eigenvalue weighted by molar-refractivity contribution is 5.30. The van der Waals surface area contributed by atoms with Crippen LogP contribution in [0.25, 0.3) is 0 Å². The summed E-state index contributed by atoms with van der Waals surface area (Å²) in [5.41, 5.74) is 2.28. The van der Waals surface area contributed by atoms with E-state index >= 15 is 0 Å². The lowest BCUT2D eigenvalue weighted by Gasteiger charge is -2.26. The second-order valence-corrected chi connectivity index (χ2v) is 5.45. The fourth-order valence-corrected chi connectivity index (χ4v) is 2.38. The molecule has 1 N–H and O–H groups in total. The highest BCUT2D eigenvalue weighted by atomic mass is 16.5. The van der Waals surface area contributed by atoms with E-state index in [9.17, 15) is 0 Å². The summed E-state index contributed by atoms with van der Waals surface area (Å²) in [5.74, 6) is 0.791. The minimum absolute atomic E-state index is 0.750. The summed E-state index contributed by atoms with van der Waals surface area (Å²) in [5, 5.41) is 7.64. The molecule has 0 atom stereocenters. The van der Waals surface area contributed by atoms with Crippen LogP contribution in [0.1, 0.15) is 11.1 Å². The number of morpholine rings is 1. The van der Waals surface area contributed by atoms with Crippen LogP contribution in [0.5, 0.6) is 0 Å². The van der Waals surface area contributed by atoms with Crippen molar-refractivity contribution < 1.29 is 4.74 Å². The lowest BCUT2D eigenvalue weighted by Crippen LogP contribution is -2.37. The third-order valence-electron chi connectivity index (χ3n) is 3.59. The van der Waals surface area contributed by atoms with E-state index < -0.39 is 0 Å². The molecule has 0 bridgehead atoms. The molecule has 1 saturated heterocycles. The van der Waals surface area contributed by atoms with E-state index in [0.29, 0.717) is 0 Å². The topological polar surface area (TPSA) is 68.1 Å². The molecule has 22 heavy (non-hydrogen) atoms. The number of aryl methyl sites for hydroxylation is 1. The Morgan fingerprint density at radius 1 is 1.18 bits per heavy atom. The van der Waals surface area contributed by atoms with Crippen molar-refractivity contribution >= 4 is 5.95 Å². The Morgan fingerprint density at radius 2 is 1.95 bits per heavy atom. The second-order valence-electron chi connectivity index (χ2n) is 5.45. The molecule has 0 amide bonds. The first-order valence-corrected chi connectivity index (χ1v) is 7.65. The third-order valence-corrected chi connectivity index (χ3v) is 3.59. The minimum atomic E-state index is 0.750. The van der Waals surface area contributed by atoms with Crippen LogP contribution in [0.4, 0.5) is 5.95 Å². The predicted octanol–water partition coefficient (Wildman–Crippen LogP) is 0.608. The number of hydrogen-bond acceptors (Lipinski definition) is 6. The molecule has 1 aliphatic rings. The summed E-state index contributed by atoms with van der Waals surface area (Å²) in [4.78, 5) is 11.0. The number of nitrogens with zero attached hydrogens (tertiary/aromatic N) is 5. The van der Waals surface area contributed by atoms with Crippen molar-refractivity contribution in [1.82, 2.24) is 25.1 Å². The highest BCUT2D eigenvalue weighted by Gasteiger charge is 2.13. The van der Waals surface area contributed by atoms with Crippen LogP contribution in [0.2, 0.25) is 0 Å². The van der Waals surface area contributed by atoms with Crippen molar-refractivity contribution in [2.45, 2.75) is 20.0 Å². The molecular weight excluding hydrogens is 280 g/mol. The molecule has 2 aromatic heterocycles. The van der Waals surface area contributed by atoms with Crippen LogP contribution in [-0.4, -0.2) is 52.6 Å². The predicted molar refractivity (Wildman–Crippen MR) is 83.7 cm³/mol. The maximum Gasteiger partial charge on any atom is 0.225 e. The van der Waals surface area contributed by atoms with Gasteiger partial charge >= 0.3 is 0 Å². The van der Waals surface area contributed by atoms with E-state index in [0.717, 1.165) is 57.4 Å². The van der Waals surface area contributed by atoms with Gasteiger partial charge in [-0.3, -0.25) is 4.68 Å². The van der Waals surface area contributed by atoms with Gasteiger partial charge in [0.25, 0.3) is 0 Å². The normalized spacial score (nSPS) is 15.2. The molecule has 7 nitrogen and oxygen atoms in total. The molecule has 0 unspecified atom stereocenters. The van der Waals surface area contributed by atoms with Crippen molar-refractivity contribution in [3.63, 3.8) is 0 Å². The first-order valence-electron chi connectivity index (χ1n) is 7.65. The van der Waals surface area contributed by atoms with Gasteiger partial charge in [0.15, 0.2) is 0 Å². The average Bonchev–Trinajstić information content (AvgIpc) is 2.98. The molecule has 0 aliphatic carbocycles.